The van der Waals surface area contributed by atoms with E-state index in [-0.39, 0.29) is 0 Å². The van der Waals surface area contributed by atoms with Crippen molar-refractivity contribution in [3.63, 3.8) is 0 Å². The Balaban J connectivity index is 1.76. The molecule has 70 valence electrons. The van der Waals surface area contributed by atoms with Crippen LogP contribution in [0.4, 0.5) is 0 Å². The van der Waals surface area contributed by atoms with Gasteiger partial charge in [0.2, 0.25) is 0 Å². The molecule has 0 bridgehead atoms. The van der Waals surface area contributed by atoms with E-state index in [0.717, 1.165) is 32.8 Å². The number of fused-ring (bicyclic) bond motifs is 1. The van der Waals surface area contributed by atoms with Gasteiger partial charge in [0.1, 0.15) is 0 Å². The molecule has 0 atom stereocenters. The highest BCUT2D eigenvalue weighted by atomic mass is 16.5. The van der Waals surface area contributed by atoms with Gasteiger partial charge < -0.3 is 4.74 Å². The van der Waals surface area contributed by atoms with E-state index < -0.39 is 0 Å². The fraction of sp³-hybridized carbons (Fsp3) is 0.667. The number of rotatable bonds is 1. The molecule has 1 fully saturated rings. The average molecular weight is 179 g/mol. The van der Waals surface area contributed by atoms with Crippen LogP contribution >= 0.6 is 0 Å². The van der Waals surface area contributed by atoms with Gasteiger partial charge in [-0.3, -0.25) is 9.58 Å². The summed E-state index contributed by atoms with van der Waals surface area (Å²) in [4.78, 5) is 2.49. The van der Waals surface area contributed by atoms with Crippen LogP contribution in [0.2, 0.25) is 0 Å². The number of nitrogens with zero attached hydrogens (tertiary/aromatic N) is 3. The Labute approximate surface area is 77.1 Å². The standard InChI is InChI=1S/C9H13N3O/c1-2-10-12-4-3-11(5-8(1)12)9-6-13-7-9/h1-2,9H,3-7H2. The maximum absolute atomic E-state index is 5.19. The van der Waals surface area contributed by atoms with E-state index >= 15 is 0 Å². The van der Waals surface area contributed by atoms with Crippen molar-refractivity contribution in [2.24, 2.45) is 0 Å². The van der Waals surface area contributed by atoms with Crippen LogP contribution < -0.4 is 0 Å². The van der Waals surface area contributed by atoms with Crippen LogP contribution in [-0.2, 0) is 17.8 Å². The maximum atomic E-state index is 5.19. The van der Waals surface area contributed by atoms with Crippen LogP contribution in [0.25, 0.3) is 0 Å². The minimum atomic E-state index is 0.656. The van der Waals surface area contributed by atoms with Crippen LogP contribution in [0, 0.1) is 0 Å². The summed E-state index contributed by atoms with van der Waals surface area (Å²) >= 11 is 0. The highest BCUT2D eigenvalue weighted by molar-refractivity contribution is 5.03. The Hall–Kier alpha value is -0.870. The van der Waals surface area contributed by atoms with Crippen molar-refractivity contribution in [2.45, 2.75) is 19.1 Å². The third-order valence-electron chi connectivity index (χ3n) is 2.91. The highest BCUT2D eigenvalue weighted by Gasteiger charge is 2.28. The Kier molecular flexibility index (Phi) is 1.63. The quantitative estimate of drug-likeness (QED) is 0.612. The van der Waals surface area contributed by atoms with E-state index in [1.165, 1.54) is 5.69 Å². The summed E-state index contributed by atoms with van der Waals surface area (Å²) in [5, 5.41) is 4.25. The first-order chi connectivity index (χ1) is 6.43. The van der Waals surface area contributed by atoms with Gasteiger partial charge in [-0.25, -0.2) is 0 Å². The van der Waals surface area contributed by atoms with E-state index in [1.54, 1.807) is 0 Å². The molecule has 2 aliphatic heterocycles. The van der Waals surface area contributed by atoms with E-state index in [1.807, 2.05) is 6.20 Å². The minimum Gasteiger partial charge on any atom is -0.378 e. The molecule has 0 unspecified atom stereocenters. The Morgan fingerprint density at radius 2 is 2.31 bits per heavy atom. The molecule has 4 nitrogen and oxygen atoms in total. The van der Waals surface area contributed by atoms with Crippen molar-refractivity contribution >= 4 is 0 Å². The Bertz CT molecular complexity index is 306. The van der Waals surface area contributed by atoms with Crippen molar-refractivity contribution in [1.82, 2.24) is 14.7 Å². The molecule has 0 amide bonds. The molecule has 4 heteroatoms. The summed E-state index contributed by atoms with van der Waals surface area (Å²) < 4.78 is 7.29. The van der Waals surface area contributed by atoms with Crippen molar-refractivity contribution in [2.75, 3.05) is 19.8 Å². The largest absolute Gasteiger partial charge is 0.378 e. The summed E-state index contributed by atoms with van der Waals surface area (Å²) in [5.74, 6) is 0. The van der Waals surface area contributed by atoms with Gasteiger partial charge in [-0.15, -0.1) is 0 Å². The summed E-state index contributed by atoms with van der Waals surface area (Å²) in [6.07, 6.45) is 1.89. The minimum absolute atomic E-state index is 0.656. The number of ether oxygens (including phenoxy) is 1. The predicted molar refractivity (Wildman–Crippen MR) is 47.2 cm³/mol. The molecule has 0 aromatic carbocycles. The van der Waals surface area contributed by atoms with Crippen molar-refractivity contribution < 1.29 is 4.74 Å². The summed E-state index contributed by atoms with van der Waals surface area (Å²) in [7, 11) is 0. The predicted octanol–water partition coefficient (Wildman–Crippen LogP) is 0.0975. The SMILES string of the molecule is c1cc2n(n1)CCN(C1COC1)C2. The first-order valence-electron chi connectivity index (χ1n) is 4.76. The normalized spacial score (nSPS) is 24.0. The molecule has 13 heavy (non-hydrogen) atoms. The second-order valence-corrected chi connectivity index (χ2v) is 3.71. The first-order valence-corrected chi connectivity index (χ1v) is 4.76. The monoisotopic (exact) mass is 179 g/mol. The molecule has 3 heterocycles. The van der Waals surface area contributed by atoms with Gasteiger partial charge in [-0.2, -0.15) is 5.10 Å². The molecule has 1 aromatic heterocycles. The molecule has 0 N–H and O–H groups in total. The second kappa shape index (κ2) is 2.82. The van der Waals surface area contributed by atoms with Crippen LogP contribution in [0.3, 0.4) is 0 Å². The van der Waals surface area contributed by atoms with E-state index in [0.29, 0.717) is 6.04 Å². The smallest absolute Gasteiger partial charge is 0.0645 e. The van der Waals surface area contributed by atoms with Gasteiger partial charge in [0.25, 0.3) is 0 Å². The molecular weight excluding hydrogens is 166 g/mol. The van der Waals surface area contributed by atoms with Gasteiger partial charge in [-0.05, 0) is 6.07 Å². The lowest BCUT2D eigenvalue weighted by molar-refractivity contribution is -0.0735. The van der Waals surface area contributed by atoms with Gasteiger partial charge in [0.15, 0.2) is 0 Å². The lowest BCUT2D eigenvalue weighted by Crippen LogP contribution is -2.51. The van der Waals surface area contributed by atoms with Gasteiger partial charge >= 0.3 is 0 Å². The highest BCUT2D eigenvalue weighted by Crippen LogP contribution is 2.17. The summed E-state index contributed by atoms with van der Waals surface area (Å²) in [5.41, 5.74) is 1.33. The zero-order valence-electron chi connectivity index (χ0n) is 7.52. The second-order valence-electron chi connectivity index (χ2n) is 3.71. The van der Waals surface area contributed by atoms with Gasteiger partial charge in [-0.1, -0.05) is 0 Å². The van der Waals surface area contributed by atoms with E-state index in [9.17, 15) is 0 Å². The number of hydrogen-bond donors (Lipinski definition) is 0. The van der Waals surface area contributed by atoms with Gasteiger partial charge in [0, 0.05) is 19.3 Å². The van der Waals surface area contributed by atoms with E-state index in [2.05, 4.69) is 20.7 Å². The van der Waals surface area contributed by atoms with Crippen molar-refractivity contribution in [3.05, 3.63) is 18.0 Å². The van der Waals surface area contributed by atoms with Crippen LogP contribution in [0.5, 0.6) is 0 Å². The van der Waals surface area contributed by atoms with Crippen LogP contribution in [0.1, 0.15) is 5.69 Å². The zero-order valence-corrected chi connectivity index (χ0v) is 7.52. The van der Waals surface area contributed by atoms with Crippen molar-refractivity contribution in [1.29, 1.82) is 0 Å². The van der Waals surface area contributed by atoms with Crippen LogP contribution in [0.15, 0.2) is 12.3 Å². The Morgan fingerprint density at radius 3 is 3.08 bits per heavy atom. The summed E-state index contributed by atoms with van der Waals surface area (Å²) in [6.45, 7) is 5.00. The molecule has 0 aliphatic carbocycles. The number of aromatic nitrogens is 2. The van der Waals surface area contributed by atoms with Crippen LogP contribution in [-0.4, -0.2) is 40.5 Å². The zero-order chi connectivity index (χ0) is 8.67. The third-order valence-corrected chi connectivity index (χ3v) is 2.91. The lowest BCUT2D eigenvalue weighted by Gasteiger charge is -2.39. The Morgan fingerprint density at radius 1 is 1.38 bits per heavy atom. The summed E-state index contributed by atoms with van der Waals surface area (Å²) in [6, 6.07) is 2.76. The molecule has 3 rings (SSSR count). The van der Waals surface area contributed by atoms with Gasteiger partial charge in [0.05, 0.1) is 31.5 Å². The molecule has 2 aliphatic rings. The number of hydrogen-bond acceptors (Lipinski definition) is 3. The molecular formula is C9H13N3O. The lowest BCUT2D eigenvalue weighted by atomic mass is 10.2. The first kappa shape index (κ1) is 7.53. The van der Waals surface area contributed by atoms with Crippen molar-refractivity contribution in [3.8, 4) is 0 Å². The topological polar surface area (TPSA) is 30.3 Å². The fourth-order valence-corrected chi connectivity index (χ4v) is 1.95. The molecule has 0 radical (unpaired) electrons. The molecule has 0 spiro atoms. The molecule has 1 aromatic rings. The molecule has 1 saturated heterocycles. The maximum Gasteiger partial charge on any atom is 0.0645 e. The van der Waals surface area contributed by atoms with E-state index in [4.69, 9.17) is 4.74 Å². The molecule has 0 saturated carbocycles. The fourth-order valence-electron chi connectivity index (χ4n) is 1.95. The third kappa shape index (κ3) is 1.17. The average Bonchev–Trinajstić information content (AvgIpc) is 2.47.